The van der Waals surface area contributed by atoms with Crippen molar-refractivity contribution in [3.05, 3.63) is 71.8 Å². The Labute approximate surface area is 154 Å². The zero-order chi connectivity index (χ0) is 19.3. The third-order valence-electron chi connectivity index (χ3n) is 3.89. The van der Waals surface area contributed by atoms with Crippen LogP contribution in [0.2, 0.25) is 0 Å². The van der Waals surface area contributed by atoms with E-state index in [0.29, 0.717) is 0 Å². The first-order valence-electron chi connectivity index (χ1n) is 8.54. The van der Waals surface area contributed by atoms with Crippen LogP contribution in [-0.2, 0) is 9.53 Å². The summed E-state index contributed by atoms with van der Waals surface area (Å²) in [7, 11) is 0. The summed E-state index contributed by atoms with van der Waals surface area (Å²) in [4.78, 5) is 26.0. The molecule has 0 aliphatic carbocycles. The lowest BCUT2D eigenvalue weighted by Crippen LogP contribution is -2.48. The number of carboxylic acids is 1. The molecule has 1 atom stereocenters. The maximum atomic E-state index is 12.9. The van der Waals surface area contributed by atoms with Crippen molar-refractivity contribution in [2.75, 3.05) is 0 Å². The van der Waals surface area contributed by atoms with Gasteiger partial charge in [-0.1, -0.05) is 60.7 Å². The average molecular weight is 355 g/mol. The molecule has 2 rings (SSSR count). The molecule has 0 aliphatic heterocycles. The first kappa shape index (κ1) is 19.5. The van der Waals surface area contributed by atoms with Crippen LogP contribution < -0.4 is 0 Å². The van der Waals surface area contributed by atoms with Crippen LogP contribution >= 0.6 is 0 Å². The Kier molecular flexibility index (Phi) is 6.03. The highest BCUT2D eigenvalue weighted by Gasteiger charge is 2.36. The minimum Gasteiger partial charge on any atom is -0.480 e. The first-order chi connectivity index (χ1) is 12.2. The quantitative estimate of drug-likeness (QED) is 0.858. The molecular formula is C21H25NO4. The Hall–Kier alpha value is -2.82. The van der Waals surface area contributed by atoms with Crippen LogP contribution in [0.1, 0.15) is 44.9 Å². The van der Waals surface area contributed by atoms with E-state index in [2.05, 4.69) is 0 Å². The molecule has 2 aromatic carbocycles. The highest BCUT2D eigenvalue weighted by Crippen LogP contribution is 2.32. The van der Waals surface area contributed by atoms with Crippen molar-refractivity contribution < 1.29 is 19.4 Å². The third kappa shape index (κ3) is 4.85. The highest BCUT2D eigenvalue weighted by atomic mass is 16.6. The van der Waals surface area contributed by atoms with Crippen molar-refractivity contribution >= 4 is 12.1 Å². The SMILES string of the molecule is CC(C(=O)O)N(C(=O)OC(C)(C)C)C(c1ccccc1)c1ccccc1. The molecule has 2 aromatic rings. The van der Waals surface area contributed by atoms with Gasteiger partial charge in [0.15, 0.2) is 0 Å². The predicted octanol–water partition coefficient (Wildman–Crippen LogP) is 4.49. The fourth-order valence-corrected chi connectivity index (χ4v) is 2.71. The van der Waals surface area contributed by atoms with Gasteiger partial charge < -0.3 is 9.84 Å². The molecule has 26 heavy (non-hydrogen) atoms. The van der Waals surface area contributed by atoms with Crippen molar-refractivity contribution in [2.45, 2.75) is 45.4 Å². The largest absolute Gasteiger partial charge is 0.480 e. The minimum absolute atomic E-state index is 0.571. The highest BCUT2D eigenvalue weighted by molar-refractivity contribution is 5.80. The lowest BCUT2D eigenvalue weighted by atomic mass is 9.96. The third-order valence-corrected chi connectivity index (χ3v) is 3.89. The topological polar surface area (TPSA) is 66.8 Å². The van der Waals surface area contributed by atoms with E-state index in [4.69, 9.17) is 4.74 Å². The standard InChI is InChI=1S/C21H25NO4/c1-15(19(23)24)22(20(25)26-21(2,3)4)18(16-11-7-5-8-12-16)17-13-9-6-10-14-17/h5-15,18H,1-4H3,(H,23,24). The normalized spacial score (nSPS) is 12.5. The van der Waals surface area contributed by atoms with Crippen molar-refractivity contribution in [3.63, 3.8) is 0 Å². The maximum absolute atomic E-state index is 12.9. The summed E-state index contributed by atoms with van der Waals surface area (Å²) in [5, 5.41) is 9.59. The van der Waals surface area contributed by atoms with Gasteiger partial charge in [0, 0.05) is 0 Å². The number of nitrogens with zero attached hydrogens (tertiary/aromatic N) is 1. The summed E-state index contributed by atoms with van der Waals surface area (Å²) < 4.78 is 5.52. The van der Waals surface area contributed by atoms with Gasteiger partial charge in [-0.2, -0.15) is 0 Å². The molecule has 0 saturated carbocycles. The van der Waals surface area contributed by atoms with Crippen LogP contribution in [0.25, 0.3) is 0 Å². The summed E-state index contributed by atoms with van der Waals surface area (Å²) in [6, 6.07) is 17.1. The van der Waals surface area contributed by atoms with Crippen LogP contribution in [0, 0.1) is 0 Å². The van der Waals surface area contributed by atoms with Crippen LogP contribution in [0.3, 0.4) is 0 Å². The zero-order valence-corrected chi connectivity index (χ0v) is 15.5. The van der Waals surface area contributed by atoms with E-state index in [9.17, 15) is 14.7 Å². The molecule has 0 radical (unpaired) electrons. The van der Waals surface area contributed by atoms with E-state index >= 15 is 0 Å². The zero-order valence-electron chi connectivity index (χ0n) is 15.5. The Morgan fingerprint density at radius 3 is 1.69 bits per heavy atom. The Morgan fingerprint density at radius 1 is 0.923 bits per heavy atom. The number of carboxylic acid groups (broad SMARTS) is 1. The fraction of sp³-hybridized carbons (Fsp3) is 0.333. The molecule has 0 aliphatic rings. The van der Waals surface area contributed by atoms with Gasteiger partial charge in [0.25, 0.3) is 0 Å². The molecule has 0 heterocycles. The molecule has 0 bridgehead atoms. The molecular weight excluding hydrogens is 330 g/mol. The number of rotatable bonds is 5. The second-order valence-corrected chi connectivity index (χ2v) is 7.13. The molecule has 138 valence electrons. The number of amides is 1. The summed E-state index contributed by atoms with van der Waals surface area (Å²) in [6.45, 7) is 6.77. The van der Waals surface area contributed by atoms with Crippen LogP contribution in [0.5, 0.6) is 0 Å². The van der Waals surface area contributed by atoms with Gasteiger partial charge in [0.1, 0.15) is 11.6 Å². The van der Waals surface area contributed by atoms with Gasteiger partial charge >= 0.3 is 12.1 Å². The lowest BCUT2D eigenvalue weighted by molar-refractivity contribution is -0.143. The Morgan fingerprint density at radius 2 is 1.35 bits per heavy atom. The van der Waals surface area contributed by atoms with Crippen molar-refractivity contribution in [3.8, 4) is 0 Å². The minimum atomic E-state index is -1.09. The van der Waals surface area contributed by atoms with E-state index < -0.39 is 29.7 Å². The van der Waals surface area contributed by atoms with E-state index in [0.717, 1.165) is 11.1 Å². The predicted molar refractivity (Wildman–Crippen MR) is 99.9 cm³/mol. The van der Waals surface area contributed by atoms with Crippen LogP contribution in [0.4, 0.5) is 4.79 Å². The van der Waals surface area contributed by atoms with Gasteiger partial charge in [-0.3, -0.25) is 4.90 Å². The van der Waals surface area contributed by atoms with E-state index in [1.165, 1.54) is 11.8 Å². The van der Waals surface area contributed by atoms with Crippen molar-refractivity contribution in [2.24, 2.45) is 0 Å². The molecule has 1 unspecified atom stereocenters. The summed E-state index contributed by atoms with van der Waals surface area (Å²) in [6.07, 6.45) is -0.662. The van der Waals surface area contributed by atoms with Crippen molar-refractivity contribution in [1.29, 1.82) is 0 Å². The fourth-order valence-electron chi connectivity index (χ4n) is 2.71. The molecule has 5 nitrogen and oxygen atoms in total. The molecule has 0 fully saturated rings. The van der Waals surface area contributed by atoms with E-state index in [1.54, 1.807) is 20.8 Å². The number of hydrogen-bond acceptors (Lipinski definition) is 3. The van der Waals surface area contributed by atoms with Crippen LogP contribution in [0.15, 0.2) is 60.7 Å². The number of carbonyl (C=O) groups is 2. The number of carbonyl (C=O) groups excluding carboxylic acids is 1. The van der Waals surface area contributed by atoms with Gasteiger partial charge in [0.05, 0.1) is 6.04 Å². The average Bonchev–Trinajstić information content (AvgIpc) is 2.58. The lowest BCUT2D eigenvalue weighted by Gasteiger charge is -2.36. The monoisotopic (exact) mass is 355 g/mol. The molecule has 0 saturated heterocycles. The molecule has 5 heteroatoms. The number of aliphatic carboxylic acids is 1. The van der Waals surface area contributed by atoms with E-state index in [-0.39, 0.29) is 0 Å². The molecule has 1 amide bonds. The molecule has 1 N–H and O–H groups in total. The smallest absolute Gasteiger partial charge is 0.411 e. The van der Waals surface area contributed by atoms with Crippen molar-refractivity contribution in [1.82, 2.24) is 4.90 Å². The number of hydrogen-bond donors (Lipinski definition) is 1. The van der Waals surface area contributed by atoms with Gasteiger partial charge in [-0.05, 0) is 38.8 Å². The maximum Gasteiger partial charge on any atom is 0.411 e. The van der Waals surface area contributed by atoms with Gasteiger partial charge in [-0.25, -0.2) is 9.59 Å². The summed E-state index contributed by atoms with van der Waals surface area (Å²) in [5.74, 6) is -1.09. The number of benzene rings is 2. The summed E-state index contributed by atoms with van der Waals surface area (Å²) >= 11 is 0. The second kappa shape index (κ2) is 8.04. The first-order valence-corrected chi connectivity index (χ1v) is 8.54. The van der Waals surface area contributed by atoms with Gasteiger partial charge in [-0.15, -0.1) is 0 Å². The molecule has 0 spiro atoms. The summed E-state index contributed by atoms with van der Waals surface area (Å²) in [5.41, 5.74) is 0.904. The van der Waals surface area contributed by atoms with Crippen LogP contribution in [-0.4, -0.2) is 33.7 Å². The van der Waals surface area contributed by atoms with E-state index in [1.807, 2.05) is 60.7 Å². The second-order valence-electron chi connectivity index (χ2n) is 7.13. The molecule has 0 aromatic heterocycles. The Balaban J connectivity index is 2.58. The van der Waals surface area contributed by atoms with Gasteiger partial charge in [0.2, 0.25) is 0 Å². The number of ether oxygens (including phenoxy) is 1. The Bertz CT molecular complexity index is 698.